The standard InChI is InChI=1S/C51H31N3S/c1-3-13-32(14-4-1)45-31-46(33-15-5-2-6-16-33)54-51(53-45)35-25-23-34(24-26-35)49-48-41-21-11-12-22-47(41)55-50(48)43-30-37(27-28-44(43)52-49)42-29-36-17-7-8-18-38(36)39-19-9-10-20-40(39)42/h1-31H. The van der Waals surface area contributed by atoms with Crippen LogP contribution in [0.25, 0.3) is 109 Å². The quantitative estimate of drug-likeness (QED) is 0.166. The van der Waals surface area contributed by atoms with Crippen LogP contribution in [-0.2, 0) is 0 Å². The van der Waals surface area contributed by atoms with Crippen LogP contribution in [-0.4, -0.2) is 15.0 Å². The number of rotatable bonds is 5. The molecular formula is C51H31N3S. The summed E-state index contributed by atoms with van der Waals surface area (Å²) in [7, 11) is 0. The third-order valence-electron chi connectivity index (χ3n) is 10.7. The van der Waals surface area contributed by atoms with E-state index in [0.29, 0.717) is 5.82 Å². The van der Waals surface area contributed by atoms with E-state index >= 15 is 0 Å². The van der Waals surface area contributed by atoms with Crippen LogP contribution in [0.5, 0.6) is 0 Å². The van der Waals surface area contributed by atoms with Crippen molar-refractivity contribution in [2.75, 3.05) is 0 Å². The maximum absolute atomic E-state index is 5.43. The predicted molar refractivity (Wildman–Crippen MR) is 232 cm³/mol. The molecule has 3 heterocycles. The summed E-state index contributed by atoms with van der Waals surface area (Å²) in [6.07, 6.45) is 0. The number of nitrogens with zero attached hydrogens (tertiary/aromatic N) is 3. The average molecular weight is 718 g/mol. The number of fused-ring (bicyclic) bond motifs is 8. The van der Waals surface area contributed by atoms with Crippen molar-refractivity contribution in [3.63, 3.8) is 0 Å². The smallest absolute Gasteiger partial charge is 0.160 e. The molecule has 0 atom stereocenters. The summed E-state index contributed by atoms with van der Waals surface area (Å²) >= 11 is 1.85. The van der Waals surface area contributed by atoms with Crippen LogP contribution in [0.15, 0.2) is 188 Å². The molecule has 3 aromatic heterocycles. The van der Waals surface area contributed by atoms with Gasteiger partial charge < -0.3 is 0 Å². The molecule has 0 aliphatic rings. The Morgan fingerprint density at radius 3 is 1.67 bits per heavy atom. The lowest BCUT2D eigenvalue weighted by Crippen LogP contribution is -1.96. The Morgan fingerprint density at radius 2 is 0.945 bits per heavy atom. The number of thiophene rings is 1. The second-order valence-corrected chi connectivity index (χ2v) is 15.0. The van der Waals surface area contributed by atoms with Crippen LogP contribution in [0.2, 0.25) is 0 Å². The Hall–Kier alpha value is -7.01. The van der Waals surface area contributed by atoms with Gasteiger partial charge in [0.2, 0.25) is 0 Å². The predicted octanol–water partition coefficient (Wildman–Crippen LogP) is 14.0. The van der Waals surface area contributed by atoms with Gasteiger partial charge in [0.25, 0.3) is 0 Å². The van der Waals surface area contributed by atoms with E-state index < -0.39 is 0 Å². The van der Waals surface area contributed by atoms with Gasteiger partial charge in [-0.05, 0) is 63.0 Å². The molecule has 0 aliphatic carbocycles. The Morgan fingerprint density at radius 1 is 0.364 bits per heavy atom. The zero-order valence-electron chi connectivity index (χ0n) is 29.6. The minimum atomic E-state index is 0.693. The van der Waals surface area contributed by atoms with Gasteiger partial charge in [-0.2, -0.15) is 0 Å². The molecule has 11 aromatic rings. The van der Waals surface area contributed by atoms with Crippen LogP contribution in [0, 0.1) is 0 Å². The molecule has 4 heteroatoms. The zero-order chi connectivity index (χ0) is 36.3. The van der Waals surface area contributed by atoms with Crippen LogP contribution in [0.1, 0.15) is 0 Å². The van der Waals surface area contributed by atoms with Crippen molar-refractivity contribution in [3.8, 4) is 56.3 Å². The van der Waals surface area contributed by atoms with Crippen molar-refractivity contribution in [3.05, 3.63) is 188 Å². The first kappa shape index (κ1) is 31.5. The third kappa shape index (κ3) is 5.38. The monoisotopic (exact) mass is 717 g/mol. The highest BCUT2D eigenvalue weighted by Gasteiger charge is 2.18. The summed E-state index contributed by atoms with van der Waals surface area (Å²) in [6, 6.07) is 66.6. The van der Waals surface area contributed by atoms with Crippen LogP contribution < -0.4 is 0 Å². The Bertz CT molecular complexity index is 3180. The van der Waals surface area contributed by atoms with Crippen LogP contribution >= 0.6 is 11.3 Å². The lowest BCUT2D eigenvalue weighted by atomic mass is 9.92. The van der Waals surface area contributed by atoms with Crippen molar-refractivity contribution < 1.29 is 0 Å². The first-order valence-corrected chi connectivity index (χ1v) is 19.3. The molecule has 55 heavy (non-hydrogen) atoms. The molecule has 11 rings (SSSR count). The van der Waals surface area contributed by atoms with Crippen molar-refractivity contribution in [1.29, 1.82) is 0 Å². The summed E-state index contributed by atoms with van der Waals surface area (Å²) in [5, 5.41) is 8.64. The maximum Gasteiger partial charge on any atom is 0.160 e. The molecule has 0 N–H and O–H groups in total. The van der Waals surface area contributed by atoms with Gasteiger partial charge in [0, 0.05) is 47.8 Å². The highest BCUT2D eigenvalue weighted by atomic mass is 32.1. The van der Waals surface area contributed by atoms with Gasteiger partial charge in [0.15, 0.2) is 5.82 Å². The van der Waals surface area contributed by atoms with Crippen molar-refractivity contribution in [2.24, 2.45) is 0 Å². The Labute approximate surface area is 321 Å². The second kappa shape index (κ2) is 12.8. The van der Waals surface area contributed by atoms with Crippen molar-refractivity contribution >= 4 is 64.0 Å². The minimum Gasteiger partial charge on any atom is -0.247 e. The highest BCUT2D eigenvalue weighted by molar-refractivity contribution is 7.26. The zero-order valence-corrected chi connectivity index (χ0v) is 30.5. The van der Waals surface area contributed by atoms with E-state index in [1.54, 1.807) is 0 Å². The molecule has 0 saturated carbocycles. The molecule has 0 saturated heterocycles. The second-order valence-electron chi connectivity index (χ2n) is 14.0. The first-order valence-electron chi connectivity index (χ1n) is 18.5. The minimum absolute atomic E-state index is 0.693. The van der Waals surface area contributed by atoms with E-state index in [0.717, 1.165) is 44.9 Å². The van der Waals surface area contributed by atoms with E-state index in [1.165, 1.54) is 58.2 Å². The van der Waals surface area contributed by atoms with Gasteiger partial charge in [-0.15, -0.1) is 11.3 Å². The van der Waals surface area contributed by atoms with Crippen molar-refractivity contribution in [1.82, 2.24) is 15.0 Å². The number of hydrogen-bond acceptors (Lipinski definition) is 4. The fourth-order valence-electron chi connectivity index (χ4n) is 8.00. The summed E-state index contributed by atoms with van der Waals surface area (Å²) in [6.45, 7) is 0. The first-order chi connectivity index (χ1) is 27.2. The lowest BCUT2D eigenvalue weighted by Gasteiger charge is -2.13. The fourth-order valence-corrected chi connectivity index (χ4v) is 9.23. The highest BCUT2D eigenvalue weighted by Crippen LogP contribution is 2.44. The molecule has 0 spiro atoms. The normalized spacial score (nSPS) is 11.6. The maximum atomic E-state index is 5.43. The van der Waals surface area contributed by atoms with E-state index in [-0.39, 0.29) is 0 Å². The summed E-state index contributed by atoms with van der Waals surface area (Å²) in [5.41, 5.74) is 10.3. The molecule has 0 fully saturated rings. The number of benzene rings is 8. The topological polar surface area (TPSA) is 38.7 Å². The van der Waals surface area contributed by atoms with Gasteiger partial charge in [0.1, 0.15) is 0 Å². The lowest BCUT2D eigenvalue weighted by molar-refractivity contribution is 1.18. The Balaban J connectivity index is 1.07. The molecular weight excluding hydrogens is 687 g/mol. The third-order valence-corrected chi connectivity index (χ3v) is 11.9. The van der Waals surface area contributed by atoms with Gasteiger partial charge >= 0.3 is 0 Å². The van der Waals surface area contributed by atoms with E-state index in [2.05, 4.69) is 152 Å². The van der Waals surface area contributed by atoms with E-state index in [9.17, 15) is 0 Å². The van der Waals surface area contributed by atoms with E-state index in [1.807, 2.05) is 47.7 Å². The molecule has 3 nitrogen and oxygen atoms in total. The van der Waals surface area contributed by atoms with Crippen LogP contribution in [0.4, 0.5) is 0 Å². The molecule has 0 radical (unpaired) electrons. The fraction of sp³-hybridized carbons (Fsp3) is 0. The summed E-state index contributed by atoms with van der Waals surface area (Å²) in [4.78, 5) is 15.6. The number of hydrogen-bond donors (Lipinski definition) is 0. The molecule has 0 amide bonds. The molecule has 0 unspecified atom stereocenters. The summed E-state index contributed by atoms with van der Waals surface area (Å²) < 4.78 is 2.51. The molecule has 8 aromatic carbocycles. The van der Waals surface area contributed by atoms with Crippen LogP contribution in [0.3, 0.4) is 0 Å². The van der Waals surface area contributed by atoms with Crippen molar-refractivity contribution in [2.45, 2.75) is 0 Å². The number of aromatic nitrogens is 3. The average Bonchev–Trinajstić information content (AvgIpc) is 3.66. The molecule has 0 aliphatic heterocycles. The van der Waals surface area contributed by atoms with Gasteiger partial charge in [-0.25, -0.2) is 15.0 Å². The summed E-state index contributed by atoms with van der Waals surface area (Å²) in [5.74, 6) is 0.693. The molecule has 256 valence electrons. The van der Waals surface area contributed by atoms with Gasteiger partial charge in [-0.1, -0.05) is 158 Å². The van der Waals surface area contributed by atoms with Gasteiger partial charge in [-0.3, -0.25) is 0 Å². The van der Waals surface area contributed by atoms with E-state index in [4.69, 9.17) is 15.0 Å². The molecule has 0 bridgehead atoms. The van der Waals surface area contributed by atoms with Gasteiger partial charge in [0.05, 0.1) is 22.6 Å². The SMILES string of the molecule is c1ccc(-c2cc(-c3ccccc3)nc(-c3ccc(-c4nc5ccc(-c6cc7ccccc7c7ccccc67)cc5c5sc6ccccc6c45)cc3)n2)cc1. The Kier molecular flexibility index (Phi) is 7.35. The number of pyridine rings is 1. The largest absolute Gasteiger partial charge is 0.247 e.